The zero-order valence-corrected chi connectivity index (χ0v) is 12.1. The van der Waals surface area contributed by atoms with Crippen LogP contribution in [0.3, 0.4) is 0 Å². The minimum Gasteiger partial charge on any atom is -0.490 e. The maximum atomic E-state index is 5.64. The molecule has 3 heteroatoms. The van der Waals surface area contributed by atoms with E-state index < -0.39 is 0 Å². The highest BCUT2D eigenvalue weighted by Gasteiger charge is 2.10. The average Bonchev–Trinajstić information content (AvgIpc) is 2.87. The Kier molecular flexibility index (Phi) is 3.18. The summed E-state index contributed by atoms with van der Waals surface area (Å²) in [6, 6.07) is 10.4. The van der Waals surface area contributed by atoms with E-state index in [2.05, 4.69) is 38.2 Å². The number of aryl methyl sites for hydroxylation is 2. The van der Waals surface area contributed by atoms with Crippen LogP contribution in [-0.4, -0.2) is 16.0 Å². The summed E-state index contributed by atoms with van der Waals surface area (Å²) in [7, 11) is 0. The van der Waals surface area contributed by atoms with Crippen molar-refractivity contribution < 1.29 is 4.74 Å². The first-order valence-electron chi connectivity index (χ1n) is 6.87. The summed E-state index contributed by atoms with van der Waals surface area (Å²) in [5.74, 6) is 0.826. The van der Waals surface area contributed by atoms with Crippen molar-refractivity contribution in [2.75, 3.05) is 6.61 Å². The zero-order valence-electron chi connectivity index (χ0n) is 12.1. The maximum absolute atomic E-state index is 5.64. The molecule has 2 heterocycles. The molecule has 0 bridgehead atoms. The quantitative estimate of drug-likeness (QED) is 0.716. The van der Waals surface area contributed by atoms with Gasteiger partial charge in [-0.1, -0.05) is 17.7 Å². The van der Waals surface area contributed by atoms with Crippen molar-refractivity contribution in [3.05, 3.63) is 53.9 Å². The van der Waals surface area contributed by atoms with Crippen molar-refractivity contribution in [1.82, 2.24) is 9.38 Å². The van der Waals surface area contributed by atoms with E-state index in [1.165, 1.54) is 16.7 Å². The Balaban J connectivity index is 2.18. The monoisotopic (exact) mass is 266 g/mol. The van der Waals surface area contributed by atoms with Crippen LogP contribution in [0.2, 0.25) is 0 Å². The molecule has 0 atom stereocenters. The van der Waals surface area contributed by atoms with Gasteiger partial charge in [-0.05, 0) is 44.5 Å². The van der Waals surface area contributed by atoms with Gasteiger partial charge in [0.2, 0.25) is 0 Å². The number of benzene rings is 1. The van der Waals surface area contributed by atoms with Crippen LogP contribution in [0, 0.1) is 13.8 Å². The number of hydrogen-bond donors (Lipinski definition) is 0. The van der Waals surface area contributed by atoms with Gasteiger partial charge in [-0.25, -0.2) is 4.98 Å². The molecule has 0 aliphatic heterocycles. The van der Waals surface area contributed by atoms with Gasteiger partial charge in [0.1, 0.15) is 0 Å². The predicted octanol–water partition coefficient (Wildman–Crippen LogP) is 4.02. The Labute approximate surface area is 118 Å². The lowest BCUT2D eigenvalue weighted by atomic mass is 10.0. The summed E-state index contributed by atoms with van der Waals surface area (Å²) in [6.45, 7) is 6.84. The van der Waals surface area contributed by atoms with Crippen molar-refractivity contribution >= 4 is 5.65 Å². The second-order valence-corrected chi connectivity index (χ2v) is 4.98. The van der Waals surface area contributed by atoms with E-state index >= 15 is 0 Å². The summed E-state index contributed by atoms with van der Waals surface area (Å²) in [5.41, 5.74) is 5.50. The highest BCUT2D eigenvalue weighted by Crippen LogP contribution is 2.27. The summed E-state index contributed by atoms with van der Waals surface area (Å²) in [5, 5.41) is 0. The molecule has 20 heavy (non-hydrogen) atoms. The van der Waals surface area contributed by atoms with Crippen molar-refractivity contribution in [2.45, 2.75) is 20.8 Å². The fourth-order valence-corrected chi connectivity index (χ4v) is 2.40. The van der Waals surface area contributed by atoms with E-state index in [9.17, 15) is 0 Å². The van der Waals surface area contributed by atoms with E-state index in [4.69, 9.17) is 9.72 Å². The first-order chi connectivity index (χ1) is 9.69. The number of imidazole rings is 1. The van der Waals surface area contributed by atoms with Crippen LogP contribution < -0.4 is 4.74 Å². The average molecular weight is 266 g/mol. The van der Waals surface area contributed by atoms with Crippen molar-refractivity contribution in [1.29, 1.82) is 0 Å². The Morgan fingerprint density at radius 3 is 2.85 bits per heavy atom. The second-order valence-electron chi connectivity index (χ2n) is 4.98. The molecular formula is C17H18N2O. The molecule has 1 aromatic carbocycles. The number of aromatic nitrogens is 2. The topological polar surface area (TPSA) is 26.5 Å². The lowest BCUT2D eigenvalue weighted by molar-refractivity contribution is 0.342. The number of ether oxygens (including phenoxy) is 1. The van der Waals surface area contributed by atoms with E-state index in [-0.39, 0.29) is 0 Å². The smallest absolute Gasteiger partial charge is 0.180 e. The molecule has 2 aromatic heterocycles. The van der Waals surface area contributed by atoms with Crippen LogP contribution >= 0.6 is 0 Å². The lowest BCUT2D eigenvalue weighted by Gasteiger charge is -2.03. The summed E-state index contributed by atoms with van der Waals surface area (Å²) < 4.78 is 7.65. The molecule has 0 unspecified atom stereocenters. The molecule has 0 amide bonds. The molecule has 0 aliphatic carbocycles. The van der Waals surface area contributed by atoms with E-state index in [1.807, 2.05) is 29.7 Å². The highest BCUT2D eigenvalue weighted by molar-refractivity contribution is 5.69. The normalized spacial score (nSPS) is 10.9. The standard InChI is InChI=1S/C17H18N2O/c1-4-20-16-6-5-9-19-11-15(18-17(16)19)14-10-12(2)7-8-13(14)3/h5-11H,4H2,1-3H3. The third-order valence-corrected chi connectivity index (χ3v) is 3.42. The molecule has 3 aromatic rings. The Bertz CT molecular complexity index is 759. The van der Waals surface area contributed by atoms with Gasteiger partial charge >= 0.3 is 0 Å². The highest BCUT2D eigenvalue weighted by atomic mass is 16.5. The van der Waals surface area contributed by atoms with Crippen LogP contribution in [-0.2, 0) is 0 Å². The largest absolute Gasteiger partial charge is 0.490 e. The van der Waals surface area contributed by atoms with Gasteiger partial charge < -0.3 is 9.14 Å². The number of pyridine rings is 1. The third kappa shape index (κ3) is 2.16. The van der Waals surface area contributed by atoms with Gasteiger partial charge in [0.05, 0.1) is 12.3 Å². The van der Waals surface area contributed by atoms with Gasteiger partial charge in [-0.2, -0.15) is 0 Å². The molecule has 102 valence electrons. The molecular weight excluding hydrogens is 248 g/mol. The van der Waals surface area contributed by atoms with Crippen LogP contribution in [0.5, 0.6) is 5.75 Å². The first-order valence-corrected chi connectivity index (χ1v) is 6.87. The van der Waals surface area contributed by atoms with E-state index in [0.29, 0.717) is 6.61 Å². The molecule has 0 aliphatic rings. The number of rotatable bonds is 3. The molecule has 0 saturated heterocycles. The molecule has 0 saturated carbocycles. The fourth-order valence-electron chi connectivity index (χ4n) is 2.40. The van der Waals surface area contributed by atoms with E-state index in [0.717, 1.165) is 17.1 Å². The van der Waals surface area contributed by atoms with Gasteiger partial charge in [0.25, 0.3) is 0 Å². The molecule has 0 radical (unpaired) electrons. The predicted molar refractivity (Wildman–Crippen MR) is 81.3 cm³/mol. The van der Waals surface area contributed by atoms with E-state index in [1.54, 1.807) is 0 Å². The van der Waals surface area contributed by atoms with Crippen LogP contribution in [0.15, 0.2) is 42.7 Å². The van der Waals surface area contributed by atoms with Gasteiger partial charge in [-0.15, -0.1) is 0 Å². The zero-order chi connectivity index (χ0) is 14.1. The Hall–Kier alpha value is -2.29. The second kappa shape index (κ2) is 5.00. The Morgan fingerprint density at radius 2 is 2.05 bits per heavy atom. The summed E-state index contributed by atoms with van der Waals surface area (Å²) >= 11 is 0. The molecule has 3 nitrogen and oxygen atoms in total. The maximum Gasteiger partial charge on any atom is 0.180 e. The van der Waals surface area contributed by atoms with Crippen LogP contribution in [0.1, 0.15) is 18.1 Å². The minimum atomic E-state index is 0.644. The third-order valence-electron chi connectivity index (χ3n) is 3.42. The van der Waals surface area contributed by atoms with Crippen molar-refractivity contribution in [3.63, 3.8) is 0 Å². The van der Waals surface area contributed by atoms with Crippen molar-refractivity contribution in [2.24, 2.45) is 0 Å². The number of fused-ring (bicyclic) bond motifs is 1. The summed E-state index contributed by atoms with van der Waals surface area (Å²) in [6.07, 6.45) is 4.05. The number of hydrogen-bond acceptors (Lipinski definition) is 2. The SMILES string of the molecule is CCOc1cccn2cc(-c3cc(C)ccc3C)nc12. The molecule has 0 fully saturated rings. The minimum absolute atomic E-state index is 0.644. The summed E-state index contributed by atoms with van der Waals surface area (Å²) in [4.78, 5) is 4.74. The van der Waals surface area contributed by atoms with Crippen LogP contribution in [0.25, 0.3) is 16.9 Å². The van der Waals surface area contributed by atoms with Crippen LogP contribution in [0.4, 0.5) is 0 Å². The van der Waals surface area contributed by atoms with Gasteiger partial charge in [-0.3, -0.25) is 0 Å². The fraction of sp³-hybridized carbons (Fsp3) is 0.235. The molecule has 0 N–H and O–H groups in total. The molecule has 0 spiro atoms. The lowest BCUT2D eigenvalue weighted by Crippen LogP contribution is -1.94. The Morgan fingerprint density at radius 1 is 1.20 bits per heavy atom. The number of nitrogens with zero attached hydrogens (tertiary/aromatic N) is 2. The molecule has 3 rings (SSSR count). The van der Waals surface area contributed by atoms with Gasteiger partial charge in [0, 0.05) is 18.0 Å². The first kappa shape index (κ1) is 12.7. The van der Waals surface area contributed by atoms with Crippen molar-refractivity contribution in [3.8, 4) is 17.0 Å². The van der Waals surface area contributed by atoms with Gasteiger partial charge in [0.15, 0.2) is 11.4 Å².